The first-order valence-corrected chi connectivity index (χ1v) is 10.3. The van der Waals surface area contributed by atoms with Crippen LogP contribution >= 0.6 is 22.9 Å². The summed E-state index contributed by atoms with van der Waals surface area (Å²) in [7, 11) is 1.58. The molecule has 8 nitrogen and oxygen atoms in total. The van der Waals surface area contributed by atoms with Gasteiger partial charge in [0.1, 0.15) is 12.4 Å². The minimum absolute atomic E-state index is 0.210. The summed E-state index contributed by atoms with van der Waals surface area (Å²) in [5.41, 5.74) is 2.54. The minimum Gasteiger partial charge on any atom is -0.496 e. The van der Waals surface area contributed by atoms with Gasteiger partial charge in [0, 0.05) is 29.7 Å². The molecule has 1 amide bonds. The number of ether oxygens (including phenoxy) is 2. The van der Waals surface area contributed by atoms with Gasteiger partial charge < -0.3 is 9.47 Å². The first-order chi connectivity index (χ1) is 15.1. The number of para-hydroxylation sites is 1. The van der Waals surface area contributed by atoms with Crippen molar-refractivity contribution in [2.45, 2.75) is 6.61 Å². The molecule has 3 heterocycles. The Kier molecular flexibility index (Phi) is 6.34. The molecule has 0 aliphatic rings. The number of hydrogen-bond acceptors (Lipinski definition) is 8. The summed E-state index contributed by atoms with van der Waals surface area (Å²) in [4.78, 5) is 21.2. The maximum atomic E-state index is 12.9. The number of halogens is 1. The second kappa shape index (κ2) is 9.50. The van der Waals surface area contributed by atoms with Gasteiger partial charge in [-0.1, -0.05) is 34.9 Å². The highest BCUT2D eigenvalue weighted by Gasteiger charge is 2.17. The highest BCUT2D eigenvalue weighted by Crippen LogP contribution is 2.32. The molecule has 4 aromatic rings. The monoisotopic (exact) mass is 453 g/mol. The van der Waals surface area contributed by atoms with Crippen molar-refractivity contribution in [1.29, 1.82) is 0 Å². The lowest BCUT2D eigenvalue weighted by Gasteiger charge is -2.11. The van der Waals surface area contributed by atoms with E-state index in [1.54, 1.807) is 43.9 Å². The molecule has 1 N–H and O–H groups in total. The molecule has 0 radical (unpaired) electrons. The Morgan fingerprint density at radius 3 is 2.77 bits per heavy atom. The quantitative estimate of drug-likeness (QED) is 0.440. The van der Waals surface area contributed by atoms with Crippen LogP contribution in [0.3, 0.4) is 0 Å². The number of hydrogen-bond donors (Lipinski definition) is 1. The van der Waals surface area contributed by atoms with Crippen LogP contribution in [-0.4, -0.2) is 33.2 Å². The van der Waals surface area contributed by atoms with Crippen molar-refractivity contribution in [2.75, 3.05) is 12.4 Å². The smallest absolute Gasteiger partial charge is 0.296 e. The second-order valence-corrected chi connectivity index (χ2v) is 7.58. The van der Waals surface area contributed by atoms with Crippen LogP contribution in [0.1, 0.15) is 16.1 Å². The first-order valence-electron chi connectivity index (χ1n) is 9.09. The Morgan fingerprint density at radius 2 is 1.97 bits per heavy atom. The number of carbonyl (C=O) groups is 1. The van der Waals surface area contributed by atoms with Crippen LogP contribution in [0.15, 0.2) is 61.1 Å². The Morgan fingerprint density at radius 1 is 1.10 bits per heavy atom. The average molecular weight is 454 g/mol. The fraction of sp³-hybridized carbons (Fsp3) is 0.0952. The fourth-order valence-electron chi connectivity index (χ4n) is 2.78. The summed E-state index contributed by atoms with van der Waals surface area (Å²) >= 11 is 6.94. The molecule has 1 aromatic carbocycles. The second-order valence-electron chi connectivity index (χ2n) is 6.21. The fourth-order valence-corrected chi connectivity index (χ4v) is 3.49. The SMILES string of the molecule is COc1ccccc1-c1cnccc1C(=O)Nc1nnc(OCc2ccc(Cl)cn2)s1. The highest BCUT2D eigenvalue weighted by molar-refractivity contribution is 7.17. The lowest BCUT2D eigenvalue weighted by atomic mass is 10.0. The maximum Gasteiger partial charge on any atom is 0.296 e. The van der Waals surface area contributed by atoms with Gasteiger partial charge in [-0.2, -0.15) is 0 Å². The van der Waals surface area contributed by atoms with Crippen LogP contribution in [0, 0.1) is 0 Å². The van der Waals surface area contributed by atoms with E-state index in [4.69, 9.17) is 21.1 Å². The molecule has 3 aromatic heterocycles. The van der Waals surface area contributed by atoms with E-state index in [0.717, 1.165) is 16.9 Å². The molecular formula is C21H16ClN5O3S. The number of aromatic nitrogens is 4. The zero-order valence-electron chi connectivity index (χ0n) is 16.3. The van der Waals surface area contributed by atoms with Crippen LogP contribution in [0.25, 0.3) is 11.1 Å². The van der Waals surface area contributed by atoms with Gasteiger partial charge in [0.25, 0.3) is 11.1 Å². The molecule has 0 aliphatic carbocycles. The van der Waals surface area contributed by atoms with Gasteiger partial charge in [-0.3, -0.25) is 20.1 Å². The van der Waals surface area contributed by atoms with E-state index >= 15 is 0 Å². The van der Waals surface area contributed by atoms with Crippen LogP contribution < -0.4 is 14.8 Å². The van der Waals surface area contributed by atoms with Crippen molar-refractivity contribution in [2.24, 2.45) is 0 Å². The van der Waals surface area contributed by atoms with E-state index < -0.39 is 0 Å². The number of benzene rings is 1. The summed E-state index contributed by atoms with van der Waals surface area (Å²) in [6.45, 7) is 0.210. The Hall–Kier alpha value is -3.56. The molecule has 0 atom stereocenters. The summed E-state index contributed by atoms with van der Waals surface area (Å²) in [6.07, 6.45) is 4.72. The number of nitrogens with one attached hydrogen (secondary N) is 1. The van der Waals surface area contributed by atoms with E-state index in [1.807, 2.05) is 24.3 Å². The van der Waals surface area contributed by atoms with Crippen molar-refractivity contribution >= 4 is 34.0 Å². The number of carbonyl (C=O) groups excluding carboxylic acids is 1. The van der Waals surface area contributed by atoms with E-state index in [9.17, 15) is 4.79 Å². The Labute approximate surface area is 186 Å². The van der Waals surface area contributed by atoms with Gasteiger partial charge in [0.2, 0.25) is 5.13 Å². The van der Waals surface area contributed by atoms with Crippen molar-refractivity contribution in [3.63, 3.8) is 0 Å². The number of methoxy groups -OCH3 is 1. The summed E-state index contributed by atoms with van der Waals surface area (Å²) < 4.78 is 11.0. The highest BCUT2D eigenvalue weighted by atomic mass is 35.5. The summed E-state index contributed by atoms with van der Waals surface area (Å²) in [6, 6.07) is 12.6. The molecule has 4 rings (SSSR count). The molecule has 0 fully saturated rings. The zero-order chi connectivity index (χ0) is 21.6. The van der Waals surface area contributed by atoms with Crippen molar-refractivity contribution in [3.8, 4) is 22.1 Å². The molecule has 0 saturated heterocycles. The lowest BCUT2D eigenvalue weighted by Crippen LogP contribution is -2.13. The third kappa shape index (κ3) is 4.96. The Balaban J connectivity index is 1.48. The van der Waals surface area contributed by atoms with Crippen LogP contribution in [0.5, 0.6) is 10.9 Å². The van der Waals surface area contributed by atoms with Gasteiger partial charge >= 0.3 is 0 Å². The normalized spacial score (nSPS) is 10.5. The van der Waals surface area contributed by atoms with Crippen LogP contribution in [-0.2, 0) is 6.61 Å². The van der Waals surface area contributed by atoms with E-state index in [0.29, 0.717) is 37.9 Å². The van der Waals surface area contributed by atoms with Crippen molar-refractivity contribution < 1.29 is 14.3 Å². The number of rotatable bonds is 7. The predicted octanol–water partition coefficient (Wildman–Crippen LogP) is 4.49. The number of amides is 1. The molecular weight excluding hydrogens is 438 g/mol. The molecule has 0 spiro atoms. The topological polar surface area (TPSA) is 99.1 Å². The first kappa shape index (κ1) is 20.7. The molecule has 0 unspecified atom stereocenters. The molecule has 0 aliphatic heterocycles. The number of nitrogens with zero attached hydrogens (tertiary/aromatic N) is 4. The van der Waals surface area contributed by atoms with Gasteiger partial charge in [0.15, 0.2) is 0 Å². The Bertz CT molecular complexity index is 1200. The van der Waals surface area contributed by atoms with Gasteiger partial charge in [-0.05, 0) is 35.6 Å². The third-order valence-electron chi connectivity index (χ3n) is 4.22. The minimum atomic E-state index is -0.342. The van der Waals surface area contributed by atoms with E-state index in [-0.39, 0.29) is 12.5 Å². The van der Waals surface area contributed by atoms with Crippen molar-refractivity contribution in [1.82, 2.24) is 20.2 Å². The molecule has 31 heavy (non-hydrogen) atoms. The van der Waals surface area contributed by atoms with Crippen molar-refractivity contribution in [3.05, 3.63) is 77.3 Å². The number of anilines is 1. The van der Waals surface area contributed by atoms with Crippen LogP contribution in [0.2, 0.25) is 5.02 Å². The summed E-state index contributed by atoms with van der Waals surface area (Å²) in [5, 5.41) is 11.9. The van der Waals surface area contributed by atoms with Gasteiger partial charge in [-0.15, -0.1) is 5.10 Å². The molecule has 0 bridgehead atoms. The van der Waals surface area contributed by atoms with Gasteiger partial charge in [0.05, 0.1) is 23.4 Å². The van der Waals surface area contributed by atoms with Gasteiger partial charge in [-0.25, -0.2) is 0 Å². The molecule has 10 heteroatoms. The largest absolute Gasteiger partial charge is 0.496 e. The third-order valence-corrected chi connectivity index (χ3v) is 5.20. The predicted molar refractivity (Wildman–Crippen MR) is 118 cm³/mol. The standard InChI is InChI=1S/C21H16ClN5O3S/c1-29-18-5-3-2-4-15(18)17-11-23-9-8-16(17)19(28)25-20-26-27-21(31-20)30-12-14-7-6-13(22)10-24-14/h2-11H,12H2,1H3,(H,25,26,28). The molecule has 0 saturated carbocycles. The summed E-state index contributed by atoms with van der Waals surface area (Å²) in [5.74, 6) is 0.303. The maximum absolute atomic E-state index is 12.9. The number of pyridine rings is 2. The lowest BCUT2D eigenvalue weighted by molar-refractivity contribution is 0.102. The van der Waals surface area contributed by atoms with Crippen LogP contribution in [0.4, 0.5) is 5.13 Å². The zero-order valence-corrected chi connectivity index (χ0v) is 17.9. The van der Waals surface area contributed by atoms with E-state index in [1.165, 1.54) is 0 Å². The van der Waals surface area contributed by atoms with E-state index in [2.05, 4.69) is 25.5 Å². The average Bonchev–Trinajstić information content (AvgIpc) is 3.26. The molecule has 156 valence electrons.